The quantitative estimate of drug-likeness (QED) is 0.535. The summed E-state index contributed by atoms with van der Waals surface area (Å²) in [6.07, 6.45) is 4.58. The van der Waals surface area contributed by atoms with E-state index >= 15 is 0 Å². The molecule has 0 amide bonds. The molecule has 0 N–H and O–H groups in total. The van der Waals surface area contributed by atoms with Crippen LogP contribution in [0.4, 0.5) is 0 Å². The third kappa shape index (κ3) is 1.98. The van der Waals surface area contributed by atoms with E-state index in [0.29, 0.717) is 0 Å². The Morgan fingerprint density at radius 3 is 2.83 bits per heavy atom. The summed E-state index contributed by atoms with van der Waals surface area (Å²) in [5, 5.41) is 5.87. The van der Waals surface area contributed by atoms with Crippen LogP contribution >= 0.6 is 11.3 Å². The van der Waals surface area contributed by atoms with Crippen molar-refractivity contribution in [2.75, 3.05) is 13.6 Å². The summed E-state index contributed by atoms with van der Waals surface area (Å²) in [5.74, 6) is 1.60. The highest BCUT2D eigenvalue weighted by Gasteiger charge is 2.23. The Morgan fingerprint density at radius 1 is 1.17 bits per heavy atom. The second kappa shape index (κ2) is 5.06. The Labute approximate surface area is 142 Å². The first-order valence-electron chi connectivity index (χ1n) is 7.97. The molecule has 5 rings (SSSR count). The molecule has 5 heterocycles. The van der Waals surface area contributed by atoms with Crippen molar-refractivity contribution in [2.24, 2.45) is 0 Å². The zero-order valence-corrected chi connectivity index (χ0v) is 14.3. The molecule has 0 saturated carbocycles. The maximum Gasteiger partial charge on any atom is 0.182 e. The number of likely N-dealkylation sites (N-methyl/N-ethyl adjacent to an activating group) is 1. The molecule has 4 aromatic rings. The summed E-state index contributed by atoms with van der Waals surface area (Å²) in [4.78, 5) is 18.6. The zero-order chi connectivity index (χ0) is 16.3. The molecule has 0 atom stereocenters. The van der Waals surface area contributed by atoms with Gasteiger partial charge in [-0.3, -0.25) is 4.98 Å². The maximum atomic E-state index is 4.85. The first-order valence-corrected chi connectivity index (χ1v) is 8.79. The van der Waals surface area contributed by atoms with E-state index in [4.69, 9.17) is 9.97 Å². The standard InChI is InChI=1S/C17H16N6S/c1-10-19-17-14(12-5-8-22(2)9-13(12)24-17)16-20-15(21-23(10)16)11-3-6-18-7-4-11/h3-4,6-7H,5,8-9H2,1-2H3. The molecule has 0 fully saturated rings. The Morgan fingerprint density at radius 2 is 2.00 bits per heavy atom. The average molecular weight is 336 g/mol. The minimum absolute atomic E-state index is 0.725. The molecule has 0 bridgehead atoms. The Bertz CT molecular complexity index is 1070. The smallest absolute Gasteiger partial charge is 0.182 e. The zero-order valence-electron chi connectivity index (χ0n) is 13.5. The fourth-order valence-corrected chi connectivity index (χ4v) is 4.68. The lowest BCUT2D eigenvalue weighted by Crippen LogP contribution is -2.25. The second-order valence-corrected chi connectivity index (χ2v) is 7.32. The fourth-order valence-electron chi connectivity index (χ4n) is 3.34. The Balaban J connectivity index is 1.82. The van der Waals surface area contributed by atoms with E-state index in [1.165, 1.54) is 15.8 Å². The number of hydrogen-bond acceptors (Lipinski definition) is 6. The maximum absolute atomic E-state index is 4.85. The largest absolute Gasteiger partial charge is 0.301 e. The normalized spacial score (nSPS) is 15.2. The molecule has 4 aromatic heterocycles. The third-order valence-corrected chi connectivity index (χ3v) is 5.68. The van der Waals surface area contributed by atoms with Crippen LogP contribution in [0.25, 0.3) is 27.3 Å². The highest BCUT2D eigenvalue weighted by Crippen LogP contribution is 2.36. The second-order valence-electron chi connectivity index (χ2n) is 6.24. The summed E-state index contributed by atoms with van der Waals surface area (Å²) in [7, 11) is 2.17. The van der Waals surface area contributed by atoms with E-state index in [1.54, 1.807) is 23.7 Å². The van der Waals surface area contributed by atoms with Gasteiger partial charge >= 0.3 is 0 Å². The summed E-state index contributed by atoms with van der Waals surface area (Å²) >= 11 is 1.79. The summed E-state index contributed by atoms with van der Waals surface area (Å²) in [6, 6.07) is 3.87. The number of hydrogen-bond donors (Lipinski definition) is 0. The van der Waals surface area contributed by atoms with Gasteiger partial charge in [0.1, 0.15) is 10.7 Å². The first kappa shape index (κ1) is 14.0. The van der Waals surface area contributed by atoms with Gasteiger partial charge in [0.15, 0.2) is 11.5 Å². The molecule has 120 valence electrons. The highest BCUT2D eigenvalue weighted by molar-refractivity contribution is 7.19. The van der Waals surface area contributed by atoms with E-state index in [9.17, 15) is 0 Å². The van der Waals surface area contributed by atoms with E-state index < -0.39 is 0 Å². The van der Waals surface area contributed by atoms with Crippen LogP contribution in [0.3, 0.4) is 0 Å². The first-order chi connectivity index (χ1) is 11.7. The van der Waals surface area contributed by atoms with Crippen LogP contribution in [0.15, 0.2) is 24.5 Å². The minimum atomic E-state index is 0.725. The van der Waals surface area contributed by atoms with Crippen LogP contribution in [-0.2, 0) is 13.0 Å². The predicted molar refractivity (Wildman–Crippen MR) is 94.2 cm³/mol. The lowest BCUT2D eigenvalue weighted by Gasteiger charge is -2.21. The van der Waals surface area contributed by atoms with Gasteiger partial charge in [-0.05, 0) is 38.1 Å². The predicted octanol–water partition coefficient (Wildman–Crippen LogP) is 2.70. The van der Waals surface area contributed by atoms with E-state index in [-0.39, 0.29) is 0 Å². The molecule has 0 spiro atoms. The molecule has 0 aliphatic carbocycles. The van der Waals surface area contributed by atoms with E-state index in [0.717, 1.165) is 47.2 Å². The van der Waals surface area contributed by atoms with Crippen molar-refractivity contribution >= 4 is 27.2 Å². The molecule has 0 saturated heterocycles. The van der Waals surface area contributed by atoms with Crippen molar-refractivity contribution in [3.05, 3.63) is 40.8 Å². The molecule has 0 radical (unpaired) electrons. The van der Waals surface area contributed by atoms with Crippen molar-refractivity contribution in [1.82, 2.24) is 29.5 Å². The minimum Gasteiger partial charge on any atom is -0.301 e. The summed E-state index contributed by atoms with van der Waals surface area (Å²) in [5.41, 5.74) is 3.30. The number of fused-ring (bicyclic) bond motifs is 5. The van der Waals surface area contributed by atoms with Gasteiger partial charge in [0.25, 0.3) is 0 Å². The number of aryl methyl sites for hydroxylation is 1. The van der Waals surface area contributed by atoms with Crippen LogP contribution in [0, 0.1) is 6.92 Å². The SMILES string of the molecule is Cc1nc2sc3c(c2c2nc(-c4ccncc4)nn12)CCN(C)C3. The van der Waals surface area contributed by atoms with Crippen LogP contribution in [0.2, 0.25) is 0 Å². The van der Waals surface area contributed by atoms with Gasteiger partial charge in [-0.25, -0.2) is 9.97 Å². The number of thiophene rings is 1. The third-order valence-electron chi connectivity index (χ3n) is 4.57. The number of pyridine rings is 1. The lowest BCUT2D eigenvalue weighted by atomic mass is 10.1. The van der Waals surface area contributed by atoms with Crippen LogP contribution < -0.4 is 0 Å². The fraction of sp³-hybridized carbons (Fsp3) is 0.294. The van der Waals surface area contributed by atoms with Gasteiger partial charge < -0.3 is 4.90 Å². The van der Waals surface area contributed by atoms with Gasteiger partial charge in [0.05, 0.1) is 5.39 Å². The summed E-state index contributed by atoms with van der Waals surface area (Å²) in [6.45, 7) is 4.05. The molecular weight excluding hydrogens is 320 g/mol. The van der Waals surface area contributed by atoms with Gasteiger partial charge in [-0.2, -0.15) is 4.52 Å². The molecule has 7 heteroatoms. The van der Waals surface area contributed by atoms with Crippen molar-refractivity contribution in [3.8, 4) is 11.4 Å². The van der Waals surface area contributed by atoms with Gasteiger partial charge in [-0.15, -0.1) is 16.4 Å². The Kier molecular flexibility index (Phi) is 2.95. The molecule has 1 aliphatic heterocycles. The van der Waals surface area contributed by atoms with Crippen molar-refractivity contribution in [1.29, 1.82) is 0 Å². The number of nitrogens with zero attached hydrogens (tertiary/aromatic N) is 6. The van der Waals surface area contributed by atoms with Crippen molar-refractivity contribution < 1.29 is 0 Å². The molecular formula is C17H16N6S. The van der Waals surface area contributed by atoms with E-state index in [2.05, 4.69) is 22.0 Å². The topological polar surface area (TPSA) is 59.2 Å². The molecule has 6 nitrogen and oxygen atoms in total. The van der Waals surface area contributed by atoms with Crippen LogP contribution in [0.5, 0.6) is 0 Å². The van der Waals surface area contributed by atoms with Crippen molar-refractivity contribution in [2.45, 2.75) is 19.9 Å². The lowest BCUT2D eigenvalue weighted by molar-refractivity contribution is 0.318. The highest BCUT2D eigenvalue weighted by atomic mass is 32.1. The number of aromatic nitrogens is 5. The molecule has 24 heavy (non-hydrogen) atoms. The Hall–Kier alpha value is -2.38. The van der Waals surface area contributed by atoms with Gasteiger partial charge in [0, 0.05) is 35.9 Å². The van der Waals surface area contributed by atoms with Gasteiger partial charge in [-0.1, -0.05) is 0 Å². The molecule has 1 aliphatic rings. The monoisotopic (exact) mass is 336 g/mol. The van der Waals surface area contributed by atoms with Crippen LogP contribution in [0.1, 0.15) is 16.3 Å². The molecule has 0 unspecified atom stereocenters. The van der Waals surface area contributed by atoms with E-state index in [1.807, 2.05) is 23.6 Å². The van der Waals surface area contributed by atoms with Crippen molar-refractivity contribution in [3.63, 3.8) is 0 Å². The summed E-state index contributed by atoms with van der Waals surface area (Å²) < 4.78 is 1.88. The van der Waals surface area contributed by atoms with Gasteiger partial charge in [0.2, 0.25) is 0 Å². The van der Waals surface area contributed by atoms with Crippen LogP contribution in [-0.4, -0.2) is 43.1 Å². The number of rotatable bonds is 1. The molecule has 0 aromatic carbocycles. The average Bonchev–Trinajstić information content (AvgIpc) is 3.16.